The van der Waals surface area contributed by atoms with Crippen molar-refractivity contribution in [1.29, 1.82) is 0 Å². The number of ether oxygens (including phenoxy) is 2. The zero-order chi connectivity index (χ0) is 30.2. The first-order valence-electron chi connectivity index (χ1n) is 14.1. The van der Waals surface area contributed by atoms with Crippen molar-refractivity contribution in [3.05, 3.63) is 87.9 Å². The number of unbranched alkanes of at least 4 members (excludes halogenated alkanes) is 1. The van der Waals surface area contributed by atoms with E-state index in [1.165, 1.54) is 7.11 Å². The normalized spacial score (nSPS) is 14.6. The van der Waals surface area contributed by atoms with Crippen molar-refractivity contribution in [1.82, 2.24) is 0 Å². The first-order chi connectivity index (χ1) is 20.2. The molecule has 44 heavy (non-hydrogen) atoms. The maximum absolute atomic E-state index is 14.0. The van der Waals surface area contributed by atoms with E-state index in [1.54, 1.807) is 53.4 Å². The van der Waals surface area contributed by atoms with Crippen LogP contribution in [0.15, 0.2) is 60.7 Å². The van der Waals surface area contributed by atoms with E-state index in [9.17, 15) is 14.4 Å². The van der Waals surface area contributed by atoms with Crippen LogP contribution in [0.3, 0.4) is 0 Å². The van der Waals surface area contributed by atoms with Gasteiger partial charge in [-0.1, -0.05) is 36.2 Å². The van der Waals surface area contributed by atoms with Gasteiger partial charge in [-0.05, 0) is 81.1 Å². The highest BCUT2D eigenvalue weighted by atomic mass is 35.5. The van der Waals surface area contributed by atoms with E-state index < -0.39 is 18.1 Å². The van der Waals surface area contributed by atoms with E-state index in [2.05, 4.69) is 5.32 Å². The number of amides is 2. The molecule has 5 N–H and O–H groups in total. The number of nitrogens with two attached hydrogens (primary N) is 2. The molecule has 0 aliphatic carbocycles. The number of aryl methyl sites for hydroxylation is 1. The summed E-state index contributed by atoms with van der Waals surface area (Å²) < 4.78 is 11.4. The fraction of sp³-hybridized carbons (Fsp3) is 0.344. The van der Waals surface area contributed by atoms with E-state index in [0.717, 1.165) is 18.4 Å². The summed E-state index contributed by atoms with van der Waals surface area (Å²) in [6, 6.07) is 16.6. The van der Waals surface area contributed by atoms with Gasteiger partial charge in [-0.2, -0.15) is 0 Å². The number of hydrogen-bond donors (Lipinski definition) is 3. The fourth-order valence-corrected chi connectivity index (χ4v) is 5.22. The maximum atomic E-state index is 14.0. The van der Waals surface area contributed by atoms with Crippen molar-refractivity contribution >= 4 is 65.6 Å². The molecular formula is C32H39Cl3N4O5. The standard InChI is InChI=1S/C32H37ClN4O5.2ClH/c1-20-8-3-4-9-23(20)30(38)36-22-13-14-24(29(19-22)41-2)31(39)37-17-7-11-28(25-18-21(33)12-15-27(25)37)42-32(40)26(35)10-5-6-16-34;;/h3-4,8-9,12-15,18-19,26,28H,5-7,10-11,16-17,34-35H2,1-2H3,(H,36,38);2*1H/t26-,28?;;/m0../s1. The number of halogens is 3. The Labute approximate surface area is 275 Å². The molecule has 238 valence electrons. The molecule has 9 nitrogen and oxygen atoms in total. The lowest BCUT2D eigenvalue weighted by Gasteiger charge is -2.25. The number of benzene rings is 3. The van der Waals surface area contributed by atoms with Gasteiger partial charge in [-0.25, -0.2) is 0 Å². The molecule has 0 spiro atoms. The van der Waals surface area contributed by atoms with E-state index in [0.29, 0.717) is 71.2 Å². The molecule has 0 fully saturated rings. The third-order valence-corrected chi connectivity index (χ3v) is 7.57. The second-order valence-corrected chi connectivity index (χ2v) is 10.7. The van der Waals surface area contributed by atoms with Crippen LogP contribution in [-0.4, -0.2) is 44.0 Å². The van der Waals surface area contributed by atoms with Crippen LogP contribution < -0.4 is 26.4 Å². The van der Waals surface area contributed by atoms with Crippen molar-refractivity contribution in [2.75, 3.05) is 30.4 Å². The maximum Gasteiger partial charge on any atom is 0.323 e. The van der Waals surface area contributed by atoms with Gasteiger partial charge in [0.15, 0.2) is 0 Å². The van der Waals surface area contributed by atoms with Crippen molar-refractivity contribution in [3.8, 4) is 5.75 Å². The zero-order valence-corrected chi connectivity index (χ0v) is 27.1. The van der Waals surface area contributed by atoms with Crippen LogP contribution in [0.1, 0.15) is 70.1 Å². The summed E-state index contributed by atoms with van der Waals surface area (Å²) >= 11 is 6.35. The summed E-state index contributed by atoms with van der Waals surface area (Å²) in [5.74, 6) is -0.730. The monoisotopic (exact) mass is 664 g/mol. The summed E-state index contributed by atoms with van der Waals surface area (Å²) in [7, 11) is 1.47. The fourth-order valence-electron chi connectivity index (χ4n) is 5.04. The van der Waals surface area contributed by atoms with Gasteiger partial charge in [0.05, 0.1) is 18.4 Å². The largest absolute Gasteiger partial charge is 0.496 e. The van der Waals surface area contributed by atoms with Gasteiger partial charge in [0.1, 0.15) is 17.9 Å². The molecule has 1 heterocycles. The molecule has 3 aromatic carbocycles. The lowest BCUT2D eigenvalue weighted by molar-refractivity contribution is -0.151. The Morgan fingerprint density at radius 2 is 1.80 bits per heavy atom. The van der Waals surface area contributed by atoms with Crippen LogP contribution in [-0.2, 0) is 9.53 Å². The lowest BCUT2D eigenvalue weighted by atomic mass is 10.0. The van der Waals surface area contributed by atoms with Gasteiger partial charge in [0.25, 0.3) is 11.8 Å². The molecule has 12 heteroatoms. The smallest absolute Gasteiger partial charge is 0.323 e. The zero-order valence-electron chi connectivity index (χ0n) is 24.7. The van der Waals surface area contributed by atoms with Gasteiger partial charge >= 0.3 is 5.97 Å². The molecule has 0 bridgehead atoms. The summed E-state index contributed by atoms with van der Waals surface area (Å²) in [5, 5.41) is 3.34. The molecular weight excluding hydrogens is 627 g/mol. The summed E-state index contributed by atoms with van der Waals surface area (Å²) in [6.07, 6.45) is 2.47. The van der Waals surface area contributed by atoms with E-state index >= 15 is 0 Å². The number of carbonyl (C=O) groups is 3. The number of rotatable bonds is 10. The third-order valence-electron chi connectivity index (χ3n) is 7.33. The quantitative estimate of drug-likeness (QED) is 0.172. The topological polar surface area (TPSA) is 137 Å². The number of nitrogens with one attached hydrogen (secondary N) is 1. The van der Waals surface area contributed by atoms with Gasteiger partial charge in [-0.15, -0.1) is 24.8 Å². The predicted molar refractivity (Wildman–Crippen MR) is 179 cm³/mol. The molecule has 4 rings (SSSR count). The Bertz CT molecular complexity index is 1460. The Morgan fingerprint density at radius 3 is 2.50 bits per heavy atom. The molecule has 0 aromatic heterocycles. The average Bonchev–Trinajstić information content (AvgIpc) is 3.15. The van der Waals surface area contributed by atoms with Gasteiger partial charge in [0, 0.05) is 34.4 Å². The summed E-state index contributed by atoms with van der Waals surface area (Å²) in [6.45, 7) is 2.79. The molecule has 0 radical (unpaired) electrons. The number of esters is 1. The van der Waals surface area contributed by atoms with Crippen LogP contribution in [0.25, 0.3) is 0 Å². The minimum absolute atomic E-state index is 0. The Morgan fingerprint density at radius 1 is 1.05 bits per heavy atom. The van der Waals surface area contributed by atoms with E-state index in [4.69, 9.17) is 32.5 Å². The number of nitrogens with zero attached hydrogens (tertiary/aromatic N) is 1. The van der Waals surface area contributed by atoms with Crippen LogP contribution in [0.4, 0.5) is 11.4 Å². The van der Waals surface area contributed by atoms with Crippen molar-refractivity contribution < 1.29 is 23.9 Å². The Hall–Kier alpha value is -3.34. The minimum Gasteiger partial charge on any atom is -0.496 e. The van der Waals surface area contributed by atoms with Gasteiger partial charge in [0.2, 0.25) is 0 Å². The molecule has 3 aromatic rings. The first-order valence-corrected chi connectivity index (χ1v) is 14.4. The van der Waals surface area contributed by atoms with Crippen molar-refractivity contribution in [2.45, 2.75) is 51.2 Å². The van der Waals surface area contributed by atoms with Gasteiger partial charge in [-0.3, -0.25) is 14.4 Å². The molecule has 1 aliphatic heterocycles. The number of methoxy groups -OCH3 is 1. The number of anilines is 2. The molecule has 1 aliphatic rings. The number of hydrogen-bond acceptors (Lipinski definition) is 7. The molecule has 0 saturated heterocycles. The average molecular weight is 666 g/mol. The molecule has 0 saturated carbocycles. The number of carbonyl (C=O) groups excluding carboxylic acids is 3. The van der Waals surface area contributed by atoms with Crippen LogP contribution >= 0.6 is 36.4 Å². The van der Waals surface area contributed by atoms with E-state index in [-0.39, 0.29) is 36.6 Å². The Kier molecular flexibility index (Phi) is 14.4. The lowest BCUT2D eigenvalue weighted by Crippen LogP contribution is -2.33. The Balaban J connectivity index is 0.00000337. The molecule has 2 amide bonds. The predicted octanol–water partition coefficient (Wildman–Crippen LogP) is 6.23. The second-order valence-electron chi connectivity index (χ2n) is 10.3. The van der Waals surface area contributed by atoms with Crippen LogP contribution in [0, 0.1) is 6.92 Å². The summed E-state index contributed by atoms with van der Waals surface area (Å²) in [5.41, 5.74) is 15.1. The highest BCUT2D eigenvalue weighted by molar-refractivity contribution is 6.30. The highest BCUT2D eigenvalue weighted by Crippen LogP contribution is 2.39. The third kappa shape index (κ3) is 8.86. The SMILES string of the molecule is COc1cc(NC(=O)c2ccccc2C)ccc1C(=O)N1CCCC(OC(=O)[C@@H](N)CCCCN)c2cc(Cl)ccc21.Cl.Cl. The van der Waals surface area contributed by atoms with Crippen molar-refractivity contribution in [2.24, 2.45) is 11.5 Å². The van der Waals surface area contributed by atoms with Crippen LogP contribution in [0.2, 0.25) is 5.02 Å². The molecule has 2 atom stereocenters. The van der Waals surface area contributed by atoms with Gasteiger partial charge < -0.3 is 31.2 Å². The van der Waals surface area contributed by atoms with Crippen molar-refractivity contribution in [3.63, 3.8) is 0 Å². The number of fused-ring (bicyclic) bond motifs is 1. The first kappa shape index (κ1) is 36.8. The second kappa shape index (κ2) is 17.2. The summed E-state index contributed by atoms with van der Waals surface area (Å²) in [4.78, 5) is 41.2. The highest BCUT2D eigenvalue weighted by Gasteiger charge is 2.31. The minimum atomic E-state index is -0.755. The molecule has 1 unspecified atom stereocenters. The van der Waals surface area contributed by atoms with Crippen LogP contribution in [0.5, 0.6) is 5.75 Å². The van der Waals surface area contributed by atoms with E-state index in [1.807, 2.05) is 19.1 Å².